The smallest absolute Gasteiger partial charge is 0.106 e. The first-order chi connectivity index (χ1) is 5.71. The van der Waals surface area contributed by atoms with Gasteiger partial charge in [0.15, 0.2) is 0 Å². The van der Waals surface area contributed by atoms with Crippen molar-refractivity contribution in [3.05, 3.63) is 28.5 Å². The molecule has 2 rings (SSSR count). The highest BCUT2D eigenvalue weighted by Gasteiger charge is 2.37. The van der Waals surface area contributed by atoms with E-state index >= 15 is 0 Å². The molecule has 4 heteroatoms. The average Bonchev–Trinajstić information content (AvgIpc) is 2.00. The van der Waals surface area contributed by atoms with Crippen LogP contribution in [0.4, 0.5) is 0 Å². The van der Waals surface area contributed by atoms with Gasteiger partial charge in [0.05, 0.1) is 18.9 Å². The van der Waals surface area contributed by atoms with Gasteiger partial charge >= 0.3 is 0 Å². The molecule has 1 fully saturated rings. The molecule has 1 aromatic heterocycles. The van der Waals surface area contributed by atoms with Gasteiger partial charge in [-0.05, 0) is 12.1 Å². The lowest BCUT2D eigenvalue weighted by Gasteiger charge is -2.37. The Balaban J connectivity index is 2.33. The van der Waals surface area contributed by atoms with Crippen molar-refractivity contribution in [2.45, 2.75) is 5.54 Å². The highest BCUT2D eigenvalue weighted by molar-refractivity contribution is 9.10. The van der Waals surface area contributed by atoms with E-state index < -0.39 is 0 Å². The molecule has 0 saturated carbocycles. The number of rotatable bonds is 1. The Bertz CT molecular complexity index is 299. The van der Waals surface area contributed by atoms with Crippen LogP contribution in [0.2, 0.25) is 0 Å². The summed E-state index contributed by atoms with van der Waals surface area (Å²) in [6.45, 7) is 1.13. The fourth-order valence-electron chi connectivity index (χ4n) is 1.15. The van der Waals surface area contributed by atoms with E-state index in [1.165, 1.54) is 0 Å². The molecule has 0 aliphatic carbocycles. The number of nitrogens with zero attached hydrogens (tertiary/aromatic N) is 1. The van der Waals surface area contributed by atoms with Crippen LogP contribution in [0.15, 0.2) is 22.8 Å². The molecular weight excluding hydrogens is 220 g/mol. The van der Waals surface area contributed by atoms with Gasteiger partial charge in [0.25, 0.3) is 0 Å². The van der Waals surface area contributed by atoms with Gasteiger partial charge in [0.1, 0.15) is 5.54 Å². The average molecular weight is 229 g/mol. The minimum absolute atomic E-state index is 0.357. The molecule has 1 aliphatic heterocycles. The van der Waals surface area contributed by atoms with Crippen LogP contribution in [0.3, 0.4) is 0 Å². The van der Waals surface area contributed by atoms with Crippen LogP contribution in [0.1, 0.15) is 5.69 Å². The SMILES string of the molecule is NC1(c2cc(Br)ccn2)COC1. The van der Waals surface area contributed by atoms with Crippen molar-refractivity contribution >= 4 is 15.9 Å². The van der Waals surface area contributed by atoms with E-state index in [0.717, 1.165) is 10.2 Å². The van der Waals surface area contributed by atoms with Crippen LogP contribution >= 0.6 is 15.9 Å². The van der Waals surface area contributed by atoms with Crippen LogP contribution in [0.5, 0.6) is 0 Å². The molecule has 2 heterocycles. The van der Waals surface area contributed by atoms with E-state index in [4.69, 9.17) is 10.5 Å². The highest BCUT2D eigenvalue weighted by atomic mass is 79.9. The van der Waals surface area contributed by atoms with Crippen molar-refractivity contribution < 1.29 is 4.74 Å². The molecule has 12 heavy (non-hydrogen) atoms. The topological polar surface area (TPSA) is 48.1 Å². The van der Waals surface area contributed by atoms with Crippen molar-refractivity contribution in [2.24, 2.45) is 5.73 Å². The van der Waals surface area contributed by atoms with Gasteiger partial charge in [0, 0.05) is 10.7 Å². The number of pyridine rings is 1. The lowest BCUT2D eigenvalue weighted by atomic mass is 9.94. The van der Waals surface area contributed by atoms with Crippen LogP contribution in [-0.4, -0.2) is 18.2 Å². The van der Waals surface area contributed by atoms with Crippen molar-refractivity contribution in [3.8, 4) is 0 Å². The molecule has 1 saturated heterocycles. The van der Waals surface area contributed by atoms with E-state index in [0.29, 0.717) is 13.2 Å². The molecule has 0 bridgehead atoms. The Morgan fingerprint density at radius 1 is 1.58 bits per heavy atom. The second-order valence-corrected chi connectivity index (χ2v) is 3.92. The van der Waals surface area contributed by atoms with E-state index in [2.05, 4.69) is 20.9 Å². The first kappa shape index (κ1) is 8.16. The summed E-state index contributed by atoms with van der Waals surface area (Å²) >= 11 is 3.37. The van der Waals surface area contributed by atoms with Gasteiger partial charge in [-0.1, -0.05) is 15.9 Å². The molecule has 1 aromatic rings. The molecule has 1 aliphatic rings. The van der Waals surface area contributed by atoms with Crippen LogP contribution in [-0.2, 0) is 10.3 Å². The molecule has 0 unspecified atom stereocenters. The summed E-state index contributed by atoms with van der Waals surface area (Å²) in [5, 5.41) is 0. The molecule has 0 aromatic carbocycles. The fourth-order valence-corrected chi connectivity index (χ4v) is 1.48. The molecule has 0 spiro atoms. The monoisotopic (exact) mass is 228 g/mol. The van der Waals surface area contributed by atoms with Gasteiger partial charge in [0.2, 0.25) is 0 Å². The van der Waals surface area contributed by atoms with Crippen LogP contribution < -0.4 is 5.73 Å². The number of hydrogen-bond acceptors (Lipinski definition) is 3. The predicted octanol–water partition coefficient (Wildman–Crippen LogP) is 1.03. The molecule has 64 valence electrons. The lowest BCUT2D eigenvalue weighted by Crippen LogP contribution is -2.54. The largest absolute Gasteiger partial charge is 0.377 e. The Kier molecular flexibility index (Phi) is 1.90. The predicted molar refractivity (Wildman–Crippen MR) is 48.6 cm³/mol. The first-order valence-corrected chi connectivity index (χ1v) is 4.49. The summed E-state index contributed by atoms with van der Waals surface area (Å²) in [6.07, 6.45) is 1.74. The zero-order valence-electron chi connectivity index (χ0n) is 6.46. The summed E-state index contributed by atoms with van der Waals surface area (Å²) in [6, 6.07) is 3.81. The van der Waals surface area contributed by atoms with Crippen molar-refractivity contribution in [1.29, 1.82) is 0 Å². The maximum atomic E-state index is 5.98. The van der Waals surface area contributed by atoms with Gasteiger partial charge in [-0.2, -0.15) is 0 Å². The van der Waals surface area contributed by atoms with E-state index in [-0.39, 0.29) is 5.54 Å². The van der Waals surface area contributed by atoms with Crippen molar-refractivity contribution in [3.63, 3.8) is 0 Å². The first-order valence-electron chi connectivity index (χ1n) is 3.69. The minimum atomic E-state index is -0.357. The quantitative estimate of drug-likeness (QED) is 0.782. The number of halogens is 1. The second kappa shape index (κ2) is 2.80. The third kappa shape index (κ3) is 1.26. The number of aromatic nitrogens is 1. The molecule has 3 nitrogen and oxygen atoms in total. The Labute approximate surface area is 79.1 Å². The Hall–Kier alpha value is -0.450. The fraction of sp³-hybridized carbons (Fsp3) is 0.375. The number of ether oxygens (including phenoxy) is 1. The van der Waals surface area contributed by atoms with Crippen molar-refractivity contribution in [1.82, 2.24) is 4.98 Å². The summed E-state index contributed by atoms with van der Waals surface area (Å²) in [5.74, 6) is 0. The zero-order valence-corrected chi connectivity index (χ0v) is 8.04. The molecule has 2 N–H and O–H groups in total. The van der Waals surface area contributed by atoms with E-state index in [1.54, 1.807) is 6.20 Å². The standard InChI is InChI=1S/C8H9BrN2O/c9-6-1-2-11-7(3-6)8(10)4-12-5-8/h1-3H,4-5,10H2. The van der Waals surface area contributed by atoms with Gasteiger partial charge in [-0.3, -0.25) is 4.98 Å². The van der Waals surface area contributed by atoms with Gasteiger partial charge in [-0.15, -0.1) is 0 Å². The third-order valence-corrected chi connectivity index (χ3v) is 2.44. The molecule has 0 radical (unpaired) electrons. The summed E-state index contributed by atoms with van der Waals surface area (Å²) in [5.41, 5.74) is 6.52. The maximum absolute atomic E-state index is 5.98. The Morgan fingerprint density at radius 2 is 2.33 bits per heavy atom. The summed E-state index contributed by atoms with van der Waals surface area (Å²) in [4.78, 5) is 4.20. The van der Waals surface area contributed by atoms with Crippen LogP contribution in [0, 0.1) is 0 Å². The normalized spacial score (nSPS) is 20.2. The molecule has 0 atom stereocenters. The minimum Gasteiger partial charge on any atom is -0.377 e. The zero-order chi connectivity index (χ0) is 8.60. The molecule has 0 amide bonds. The van der Waals surface area contributed by atoms with E-state index in [1.807, 2.05) is 12.1 Å². The van der Waals surface area contributed by atoms with E-state index in [9.17, 15) is 0 Å². The van der Waals surface area contributed by atoms with Crippen LogP contribution in [0.25, 0.3) is 0 Å². The third-order valence-electron chi connectivity index (χ3n) is 1.95. The Morgan fingerprint density at radius 3 is 2.83 bits per heavy atom. The van der Waals surface area contributed by atoms with Crippen molar-refractivity contribution in [2.75, 3.05) is 13.2 Å². The van der Waals surface area contributed by atoms with Gasteiger partial charge in [-0.25, -0.2) is 0 Å². The maximum Gasteiger partial charge on any atom is 0.106 e. The lowest BCUT2D eigenvalue weighted by molar-refractivity contribution is -0.0590. The van der Waals surface area contributed by atoms with Gasteiger partial charge < -0.3 is 10.5 Å². The second-order valence-electron chi connectivity index (χ2n) is 3.01. The summed E-state index contributed by atoms with van der Waals surface area (Å²) in [7, 11) is 0. The summed E-state index contributed by atoms with van der Waals surface area (Å²) < 4.78 is 6.06. The molecular formula is C8H9BrN2O. The number of nitrogens with two attached hydrogens (primary N) is 1. The highest BCUT2D eigenvalue weighted by Crippen LogP contribution is 2.26. The number of hydrogen-bond donors (Lipinski definition) is 1.